The highest BCUT2D eigenvalue weighted by Crippen LogP contribution is 2.21. The van der Waals surface area contributed by atoms with Crippen LogP contribution in [0.4, 0.5) is 4.39 Å². The molecular formula is C20H22FNO4. The maximum Gasteiger partial charge on any atom is 0.338 e. The van der Waals surface area contributed by atoms with Crippen LogP contribution in [0.5, 0.6) is 0 Å². The van der Waals surface area contributed by atoms with Crippen LogP contribution >= 0.6 is 0 Å². The fourth-order valence-electron chi connectivity index (χ4n) is 3.23. The highest BCUT2D eigenvalue weighted by atomic mass is 19.1. The fraction of sp³-hybridized carbons (Fsp3) is 0.400. The number of carbonyl (C=O) groups is 2. The van der Waals surface area contributed by atoms with Gasteiger partial charge >= 0.3 is 5.97 Å². The Labute approximate surface area is 151 Å². The van der Waals surface area contributed by atoms with E-state index >= 15 is 0 Å². The molecule has 0 amide bonds. The Hall–Kier alpha value is -2.47. The highest BCUT2D eigenvalue weighted by molar-refractivity contribution is 6.00. The van der Waals surface area contributed by atoms with E-state index in [9.17, 15) is 14.0 Å². The van der Waals surface area contributed by atoms with Gasteiger partial charge in [-0.3, -0.25) is 4.79 Å². The van der Waals surface area contributed by atoms with Crippen LogP contribution in [0.1, 0.15) is 44.9 Å². The average molecular weight is 359 g/mol. The number of hydrogen-bond acceptors (Lipinski definition) is 4. The summed E-state index contributed by atoms with van der Waals surface area (Å²) in [6, 6.07) is 6.83. The van der Waals surface area contributed by atoms with Crippen molar-refractivity contribution in [3.05, 3.63) is 58.7 Å². The number of ketones is 1. The highest BCUT2D eigenvalue weighted by Gasteiger charge is 2.21. The van der Waals surface area contributed by atoms with E-state index < -0.39 is 11.8 Å². The van der Waals surface area contributed by atoms with E-state index in [1.54, 1.807) is 0 Å². The molecule has 5 nitrogen and oxygen atoms in total. The van der Waals surface area contributed by atoms with Crippen LogP contribution in [-0.2, 0) is 16.0 Å². The molecule has 26 heavy (non-hydrogen) atoms. The molecule has 2 aromatic rings. The number of esters is 1. The van der Waals surface area contributed by atoms with E-state index in [4.69, 9.17) is 9.47 Å². The van der Waals surface area contributed by atoms with Crippen molar-refractivity contribution in [3.8, 4) is 0 Å². The lowest BCUT2D eigenvalue weighted by Crippen LogP contribution is -2.18. The molecule has 1 atom stereocenters. The van der Waals surface area contributed by atoms with Crippen LogP contribution in [-0.4, -0.2) is 35.6 Å². The molecule has 0 saturated carbocycles. The van der Waals surface area contributed by atoms with Gasteiger partial charge in [-0.25, -0.2) is 9.18 Å². The number of hydrogen-bond donors (Lipinski definition) is 0. The molecule has 1 saturated heterocycles. The summed E-state index contributed by atoms with van der Waals surface area (Å²) < 4.78 is 25.7. The van der Waals surface area contributed by atoms with Gasteiger partial charge in [0.15, 0.2) is 6.61 Å². The Morgan fingerprint density at radius 3 is 2.65 bits per heavy atom. The molecule has 0 radical (unpaired) electrons. The molecule has 1 aliphatic heterocycles. The molecule has 1 unspecified atom stereocenters. The molecule has 1 aromatic carbocycles. The van der Waals surface area contributed by atoms with Gasteiger partial charge in [-0.1, -0.05) is 0 Å². The van der Waals surface area contributed by atoms with E-state index in [0.29, 0.717) is 5.56 Å². The number of aromatic nitrogens is 1. The van der Waals surface area contributed by atoms with Crippen molar-refractivity contribution in [1.29, 1.82) is 0 Å². The predicted octanol–water partition coefficient (Wildman–Crippen LogP) is 3.46. The summed E-state index contributed by atoms with van der Waals surface area (Å²) in [5, 5.41) is 0. The Morgan fingerprint density at radius 1 is 1.27 bits per heavy atom. The third-order valence-corrected chi connectivity index (χ3v) is 4.70. The van der Waals surface area contributed by atoms with Crippen molar-refractivity contribution in [1.82, 2.24) is 4.57 Å². The fourth-order valence-corrected chi connectivity index (χ4v) is 3.23. The van der Waals surface area contributed by atoms with E-state index in [0.717, 1.165) is 37.4 Å². The number of halogens is 1. The SMILES string of the molecule is Cc1cc(C(=O)COC(=O)c2ccc(F)cc2)c(C)n1CC1CCCO1. The Bertz CT molecular complexity index is 804. The quantitative estimate of drug-likeness (QED) is 0.585. The van der Waals surface area contributed by atoms with Gasteiger partial charge in [-0.05, 0) is 57.0 Å². The van der Waals surface area contributed by atoms with Gasteiger partial charge in [-0.2, -0.15) is 0 Å². The number of nitrogens with zero attached hydrogens (tertiary/aromatic N) is 1. The zero-order valence-corrected chi connectivity index (χ0v) is 15.0. The second-order valence-electron chi connectivity index (χ2n) is 6.54. The van der Waals surface area contributed by atoms with Gasteiger partial charge in [0.05, 0.1) is 11.7 Å². The van der Waals surface area contributed by atoms with Crippen LogP contribution in [0.2, 0.25) is 0 Å². The zero-order chi connectivity index (χ0) is 18.7. The summed E-state index contributed by atoms with van der Waals surface area (Å²) in [6.45, 7) is 5.00. The second kappa shape index (κ2) is 7.83. The molecule has 1 aliphatic rings. The number of Topliss-reactive ketones (excluding diaryl/α,β-unsaturated/α-hetero) is 1. The predicted molar refractivity (Wildman–Crippen MR) is 93.9 cm³/mol. The molecule has 0 aliphatic carbocycles. The molecule has 3 rings (SSSR count). The largest absolute Gasteiger partial charge is 0.454 e. The molecular weight excluding hydrogens is 337 g/mol. The minimum Gasteiger partial charge on any atom is -0.454 e. The maximum atomic E-state index is 12.9. The monoisotopic (exact) mass is 359 g/mol. The topological polar surface area (TPSA) is 57.5 Å². The van der Waals surface area contributed by atoms with Crippen LogP contribution in [0.15, 0.2) is 30.3 Å². The van der Waals surface area contributed by atoms with Crippen LogP contribution < -0.4 is 0 Å². The molecule has 0 bridgehead atoms. The van der Waals surface area contributed by atoms with Gasteiger partial charge in [0, 0.05) is 30.1 Å². The first-order chi connectivity index (χ1) is 12.5. The van der Waals surface area contributed by atoms with E-state index in [1.165, 1.54) is 24.3 Å². The van der Waals surface area contributed by atoms with Gasteiger partial charge in [0.25, 0.3) is 0 Å². The summed E-state index contributed by atoms with van der Waals surface area (Å²) in [5.74, 6) is -1.34. The molecule has 0 spiro atoms. The van der Waals surface area contributed by atoms with E-state index in [1.807, 2.05) is 19.9 Å². The molecule has 138 valence electrons. The third-order valence-electron chi connectivity index (χ3n) is 4.70. The molecule has 0 N–H and O–H groups in total. The molecule has 1 fully saturated rings. The minimum atomic E-state index is -0.647. The molecule has 1 aromatic heterocycles. The standard InChI is InChI=1S/C20H22FNO4/c1-13-10-18(14(2)22(13)11-17-4-3-9-25-17)19(23)12-26-20(24)15-5-7-16(21)8-6-15/h5-8,10,17H,3-4,9,11-12H2,1-2H3. The normalized spacial score (nSPS) is 16.7. The van der Waals surface area contributed by atoms with Crippen molar-refractivity contribution >= 4 is 11.8 Å². The number of benzene rings is 1. The van der Waals surface area contributed by atoms with Crippen molar-refractivity contribution < 1.29 is 23.5 Å². The summed E-state index contributed by atoms with van der Waals surface area (Å²) in [5.41, 5.74) is 2.59. The molecule has 6 heteroatoms. The summed E-state index contributed by atoms with van der Waals surface area (Å²) in [4.78, 5) is 24.4. The van der Waals surface area contributed by atoms with E-state index in [-0.39, 0.29) is 24.1 Å². The van der Waals surface area contributed by atoms with Gasteiger partial charge in [-0.15, -0.1) is 0 Å². The zero-order valence-electron chi connectivity index (χ0n) is 15.0. The summed E-state index contributed by atoms with van der Waals surface area (Å²) in [7, 11) is 0. The average Bonchev–Trinajstić information content (AvgIpc) is 3.24. The van der Waals surface area contributed by atoms with Crippen LogP contribution in [0.25, 0.3) is 0 Å². The summed E-state index contributed by atoms with van der Waals surface area (Å²) >= 11 is 0. The summed E-state index contributed by atoms with van der Waals surface area (Å²) in [6.07, 6.45) is 2.27. The van der Waals surface area contributed by atoms with Gasteiger partial charge in [0.2, 0.25) is 5.78 Å². The van der Waals surface area contributed by atoms with Crippen molar-refractivity contribution in [2.24, 2.45) is 0 Å². The number of rotatable bonds is 6. The van der Waals surface area contributed by atoms with Crippen molar-refractivity contribution in [3.63, 3.8) is 0 Å². The van der Waals surface area contributed by atoms with E-state index in [2.05, 4.69) is 4.57 Å². The van der Waals surface area contributed by atoms with Crippen LogP contribution in [0, 0.1) is 19.7 Å². The third kappa shape index (κ3) is 4.02. The smallest absolute Gasteiger partial charge is 0.338 e. The van der Waals surface area contributed by atoms with Crippen LogP contribution in [0.3, 0.4) is 0 Å². The number of aryl methyl sites for hydroxylation is 1. The lowest BCUT2D eigenvalue weighted by Gasteiger charge is -2.14. The maximum absolute atomic E-state index is 12.9. The first-order valence-electron chi connectivity index (χ1n) is 8.70. The number of ether oxygens (including phenoxy) is 2. The Morgan fingerprint density at radius 2 is 2.00 bits per heavy atom. The van der Waals surface area contributed by atoms with Crippen molar-refractivity contribution in [2.75, 3.05) is 13.2 Å². The molecule has 2 heterocycles. The minimum absolute atomic E-state index is 0.180. The lowest BCUT2D eigenvalue weighted by molar-refractivity contribution is 0.0474. The Balaban J connectivity index is 1.64. The van der Waals surface area contributed by atoms with Crippen molar-refractivity contribution in [2.45, 2.75) is 39.3 Å². The lowest BCUT2D eigenvalue weighted by atomic mass is 10.1. The van der Waals surface area contributed by atoms with Gasteiger partial charge in [0.1, 0.15) is 5.82 Å². The number of carbonyl (C=O) groups excluding carboxylic acids is 2. The van der Waals surface area contributed by atoms with Gasteiger partial charge < -0.3 is 14.0 Å². The second-order valence-corrected chi connectivity index (χ2v) is 6.54. The Kier molecular flexibility index (Phi) is 5.52. The first-order valence-corrected chi connectivity index (χ1v) is 8.70. The first kappa shape index (κ1) is 18.3.